The number of rotatable bonds is 4. The van der Waals surface area contributed by atoms with E-state index in [4.69, 9.17) is 10.5 Å². The van der Waals surface area contributed by atoms with Gasteiger partial charge < -0.3 is 15.6 Å². The second-order valence-corrected chi connectivity index (χ2v) is 4.27. The van der Waals surface area contributed by atoms with Gasteiger partial charge in [0.05, 0.1) is 19.0 Å². The quantitative estimate of drug-likeness (QED) is 0.431. The fraction of sp³-hybridized carbons (Fsp3) is 0.0769. The molecular weight excluding hydrogens is 306 g/mol. The fourth-order valence-electron chi connectivity index (χ4n) is 1.80. The van der Waals surface area contributed by atoms with E-state index in [-0.39, 0.29) is 11.3 Å². The summed E-state index contributed by atoms with van der Waals surface area (Å²) in [5.74, 6) is -0.201. The van der Waals surface area contributed by atoms with Crippen molar-refractivity contribution in [2.45, 2.75) is 0 Å². The van der Waals surface area contributed by atoms with Crippen LogP contribution in [0.3, 0.4) is 0 Å². The number of hydrogen-bond donors (Lipinski definition) is 4. The molecule has 10 heteroatoms. The molecule has 10 nitrogen and oxygen atoms in total. The van der Waals surface area contributed by atoms with Gasteiger partial charge in [0.2, 0.25) is 5.88 Å². The van der Waals surface area contributed by atoms with E-state index in [1.54, 1.807) is 12.1 Å². The Hall–Kier alpha value is -3.56. The highest BCUT2D eigenvalue weighted by molar-refractivity contribution is 5.83. The van der Waals surface area contributed by atoms with Crippen molar-refractivity contribution in [2.24, 2.45) is 10.8 Å². The van der Waals surface area contributed by atoms with Crippen molar-refractivity contribution >= 4 is 12.2 Å². The van der Waals surface area contributed by atoms with Crippen LogP contribution in [-0.2, 0) is 0 Å². The summed E-state index contributed by atoms with van der Waals surface area (Å²) in [5.41, 5.74) is 4.92. The third kappa shape index (κ3) is 3.37. The van der Waals surface area contributed by atoms with Crippen LogP contribution >= 0.6 is 0 Å². The third-order valence-electron chi connectivity index (χ3n) is 2.80. The molecule has 0 aliphatic rings. The second kappa shape index (κ2) is 6.47. The van der Waals surface area contributed by atoms with Crippen molar-refractivity contribution in [3.05, 3.63) is 50.7 Å². The lowest BCUT2D eigenvalue weighted by Gasteiger charge is -2.10. The van der Waals surface area contributed by atoms with E-state index in [0.717, 1.165) is 10.8 Å². The first kappa shape index (κ1) is 15.8. The number of aromatic amines is 1. The number of aromatic hydroxyl groups is 1. The van der Waals surface area contributed by atoms with E-state index in [9.17, 15) is 19.5 Å². The summed E-state index contributed by atoms with van der Waals surface area (Å²) in [6, 6.07) is 5.33. The van der Waals surface area contributed by atoms with E-state index in [1.165, 1.54) is 19.2 Å². The number of carbonyl (C=O) groups excluding carboxylic acids is 1. The average Bonchev–Trinajstić information content (AvgIpc) is 2.50. The molecule has 0 saturated carbocycles. The molecule has 5 N–H and O–H groups in total. The van der Waals surface area contributed by atoms with Crippen molar-refractivity contribution in [3.63, 3.8) is 0 Å². The number of methoxy groups -OCH3 is 1. The minimum absolute atomic E-state index is 0.264. The van der Waals surface area contributed by atoms with Crippen LogP contribution in [-0.4, -0.2) is 34.0 Å². The summed E-state index contributed by atoms with van der Waals surface area (Å²) >= 11 is 0. The first-order valence-corrected chi connectivity index (χ1v) is 6.25. The molecule has 0 aliphatic carbocycles. The summed E-state index contributed by atoms with van der Waals surface area (Å²) in [6.07, 6.45) is 0.870. The maximum atomic E-state index is 12.0. The van der Waals surface area contributed by atoms with Crippen LogP contribution in [0.2, 0.25) is 0 Å². The number of ether oxygens (including phenoxy) is 1. The number of nitrogens with two attached hydrogens (primary N) is 1. The number of hydrogen-bond acceptors (Lipinski definition) is 6. The number of primary amides is 1. The SMILES string of the molecule is COc1cccc(-n2c(O)c(/C=N/NC(N)=O)c(=O)[nH]c2=O)c1. The number of amides is 2. The van der Waals surface area contributed by atoms with Crippen molar-refractivity contribution in [1.29, 1.82) is 0 Å². The lowest BCUT2D eigenvalue weighted by molar-refractivity contribution is 0.249. The summed E-state index contributed by atoms with van der Waals surface area (Å²) in [4.78, 5) is 36.3. The summed E-state index contributed by atoms with van der Waals surface area (Å²) in [6.45, 7) is 0. The van der Waals surface area contributed by atoms with Gasteiger partial charge in [-0.05, 0) is 12.1 Å². The minimum atomic E-state index is -0.946. The van der Waals surface area contributed by atoms with Gasteiger partial charge >= 0.3 is 11.7 Å². The first-order chi connectivity index (χ1) is 10.9. The van der Waals surface area contributed by atoms with Gasteiger partial charge in [0.25, 0.3) is 5.56 Å². The van der Waals surface area contributed by atoms with Gasteiger partial charge in [0.1, 0.15) is 11.3 Å². The van der Waals surface area contributed by atoms with Crippen LogP contribution in [0.5, 0.6) is 11.6 Å². The number of urea groups is 1. The predicted octanol–water partition coefficient (Wildman–Crippen LogP) is -0.758. The first-order valence-electron chi connectivity index (χ1n) is 6.25. The highest BCUT2D eigenvalue weighted by atomic mass is 16.5. The zero-order chi connectivity index (χ0) is 17.0. The number of carbonyl (C=O) groups is 1. The summed E-state index contributed by atoms with van der Waals surface area (Å²) in [5, 5.41) is 13.6. The Labute approximate surface area is 128 Å². The standard InChI is InChI=1S/C13H13N5O5/c1-23-8-4-2-3-7(5-8)18-11(20)9(6-15-17-12(14)21)10(19)16-13(18)22/h2-6,20H,1H3,(H3,14,17,21)(H,16,19,22)/b15-6+. The van der Waals surface area contributed by atoms with Crippen molar-refractivity contribution in [1.82, 2.24) is 15.0 Å². The zero-order valence-corrected chi connectivity index (χ0v) is 11.9. The zero-order valence-electron chi connectivity index (χ0n) is 11.9. The van der Waals surface area contributed by atoms with Crippen LogP contribution in [0.25, 0.3) is 5.69 Å². The number of hydrazone groups is 1. The predicted molar refractivity (Wildman–Crippen MR) is 81.2 cm³/mol. The molecule has 23 heavy (non-hydrogen) atoms. The molecule has 120 valence electrons. The Kier molecular flexibility index (Phi) is 4.45. The van der Waals surface area contributed by atoms with Crippen LogP contribution in [0.4, 0.5) is 4.79 Å². The normalized spacial score (nSPS) is 10.7. The maximum Gasteiger partial charge on any atom is 0.335 e. The van der Waals surface area contributed by atoms with Gasteiger partial charge in [-0.1, -0.05) is 6.07 Å². The Morgan fingerprint density at radius 2 is 2.22 bits per heavy atom. The molecular formula is C13H13N5O5. The highest BCUT2D eigenvalue weighted by Gasteiger charge is 2.14. The number of nitrogens with one attached hydrogen (secondary N) is 2. The summed E-state index contributed by atoms with van der Waals surface area (Å²) in [7, 11) is 1.45. The molecule has 0 atom stereocenters. The lowest BCUT2D eigenvalue weighted by atomic mass is 10.2. The van der Waals surface area contributed by atoms with E-state index >= 15 is 0 Å². The molecule has 0 spiro atoms. The molecule has 0 unspecified atom stereocenters. The number of H-pyrrole nitrogens is 1. The lowest BCUT2D eigenvalue weighted by Crippen LogP contribution is -2.32. The number of aromatic nitrogens is 2. The van der Waals surface area contributed by atoms with Crippen LogP contribution < -0.4 is 27.1 Å². The largest absolute Gasteiger partial charge is 0.497 e. The van der Waals surface area contributed by atoms with Gasteiger partial charge in [-0.15, -0.1) is 0 Å². The van der Waals surface area contributed by atoms with E-state index in [2.05, 4.69) is 5.10 Å². The van der Waals surface area contributed by atoms with Gasteiger partial charge in [-0.25, -0.2) is 19.6 Å². The van der Waals surface area contributed by atoms with Crippen LogP contribution in [0.1, 0.15) is 5.56 Å². The highest BCUT2D eigenvalue weighted by Crippen LogP contribution is 2.19. The van der Waals surface area contributed by atoms with E-state index in [0.29, 0.717) is 5.75 Å². The van der Waals surface area contributed by atoms with Gasteiger partial charge in [0.15, 0.2) is 0 Å². The molecule has 2 aromatic rings. The Balaban J connectivity index is 2.60. The monoisotopic (exact) mass is 319 g/mol. The molecule has 2 amide bonds. The Morgan fingerprint density at radius 1 is 1.48 bits per heavy atom. The smallest absolute Gasteiger partial charge is 0.335 e. The molecule has 0 fully saturated rings. The van der Waals surface area contributed by atoms with Crippen molar-refractivity contribution in [2.75, 3.05) is 7.11 Å². The van der Waals surface area contributed by atoms with E-state index in [1.807, 2.05) is 10.4 Å². The van der Waals surface area contributed by atoms with Crippen LogP contribution in [0, 0.1) is 0 Å². The van der Waals surface area contributed by atoms with Gasteiger partial charge in [-0.3, -0.25) is 9.78 Å². The molecule has 2 rings (SSSR count). The van der Waals surface area contributed by atoms with Crippen molar-refractivity contribution < 1.29 is 14.6 Å². The Morgan fingerprint density at radius 3 is 2.87 bits per heavy atom. The molecule has 1 aromatic carbocycles. The molecule has 0 saturated heterocycles. The van der Waals surface area contributed by atoms with Crippen LogP contribution in [0.15, 0.2) is 39.0 Å². The molecule has 1 heterocycles. The average molecular weight is 319 g/mol. The summed E-state index contributed by atoms with van der Waals surface area (Å²) < 4.78 is 5.90. The third-order valence-corrected chi connectivity index (χ3v) is 2.80. The molecule has 1 aromatic heterocycles. The molecule has 0 aliphatic heterocycles. The van der Waals surface area contributed by atoms with Gasteiger partial charge in [0, 0.05) is 6.07 Å². The second-order valence-electron chi connectivity index (χ2n) is 4.27. The number of benzene rings is 1. The Bertz CT molecular complexity index is 883. The fourth-order valence-corrected chi connectivity index (χ4v) is 1.80. The maximum absolute atomic E-state index is 12.0. The molecule has 0 radical (unpaired) electrons. The molecule has 0 bridgehead atoms. The van der Waals surface area contributed by atoms with Crippen molar-refractivity contribution in [3.8, 4) is 17.3 Å². The minimum Gasteiger partial charge on any atom is -0.497 e. The van der Waals surface area contributed by atoms with E-state index < -0.39 is 23.2 Å². The van der Waals surface area contributed by atoms with Gasteiger partial charge in [-0.2, -0.15) is 5.10 Å². The number of nitrogens with zero attached hydrogens (tertiary/aromatic N) is 2. The topological polar surface area (TPSA) is 152 Å².